The number of hydrogen-bond acceptors (Lipinski definition) is 5. The summed E-state index contributed by atoms with van der Waals surface area (Å²) in [5.41, 5.74) is 1.52. The maximum absolute atomic E-state index is 11.1. The summed E-state index contributed by atoms with van der Waals surface area (Å²) < 4.78 is 5.08. The molecule has 0 heterocycles. The minimum Gasteiger partial charge on any atom is -0.497 e. The summed E-state index contributed by atoms with van der Waals surface area (Å²) >= 11 is 1.31. The normalized spacial score (nSPS) is 10.3. The zero-order chi connectivity index (χ0) is 16.8. The topological polar surface area (TPSA) is 89.7 Å². The number of thioether (sulfide) groups is 1. The van der Waals surface area contributed by atoms with Crippen molar-refractivity contribution in [1.82, 2.24) is 0 Å². The van der Waals surface area contributed by atoms with Gasteiger partial charge in [0.05, 0.1) is 23.3 Å². The van der Waals surface area contributed by atoms with Crippen LogP contribution < -0.4 is 4.74 Å². The third-order valence-corrected chi connectivity index (χ3v) is 4.25. The molecule has 7 heteroatoms. The molecule has 1 N–H and O–H groups in total. The van der Waals surface area contributed by atoms with Crippen LogP contribution in [0.5, 0.6) is 5.75 Å². The standard InChI is InChI=1S/C16H15NO5S/c1-22-13-5-2-11(3-6-13)10-23-15-8-12(9-16(18)19)4-7-14(15)17(20)21/h2-8H,9-10H2,1H3,(H,18,19). The van der Waals surface area contributed by atoms with Crippen LogP contribution in [-0.2, 0) is 17.0 Å². The Morgan fingerprint density at radius 3 is 2.43 bits per heavy atom. The molecule has 0 aromatic heterocycles. The summed E-state index contributed by atoms with van der Waals surface area (Å²) in [4.78, 5) is 21.9. The number of aliphatic carboxylic acids is 1. The van der Waals surface area contributed by atoms with E-state index in [1.807, 2.05) is 24.3 Å². The van der Waals surface area contributed by atoms with E-state index in [4.69, 9.17) is 9.84 Å². The van der Waals surface area contributed by atoms with E-state index in [1.165, 1.54) is 23.9 Å². The molecule has 23 heavy (non-hydrogen) atoms. The molecule has 2 aromatic rings. The molecule has 0 fully saturated rings. The van der Waals surface area contributed by atoms with Crippen molar-refractivity contribution in [1.29, 1.82) is 0 Å². The molecule has 2 rings (SSSR count). The van der Waals surface area contributed by atoms with Crippen molar-refractivity contribution in [3.05, 3.63) is 63.7 Å². The molecule has 0 bridgehead atoms. The molecule has 0 atom stereocenters. The molecule has 0 radical (unpaired) electrons. The van der Waals surface area contributed by atoms with Gasteiger partial charge in [0.25, 0.3) is 5.69 Å². The van der Waals surface area contributed by atoms with Gasteiger partial charge in [-0.05, 0) is 29.3 Å². The lowest BCUT2D eigenvalue weighted by atomic mass is 10.1. The lowest BCUT2D eigenvalue weighted by molar-refractivity contribution is -0.387. The second kappa shape index (κ2) is 7.64. The number of nitrogens with zero attached hydrogens (tertiary/aromatic N) is 1. The van der Waals surface area contributed by atoms with E-state index >= 15 is 0 Å². The number of nitro benzene ring substituents is 1. The molecule has 0 saturated heterocycles. The lowest BCUT2D eigenvalue weighted by Crippen LogP contribution is -2.01. The fraction of sp³-hybridized carbons (Fsp3) is 0.188. The second-order valence-electron chi connectivity index (χ2n) is 4.77. The number of carboxylic acid groups (broad SMARTS) is 1. The third kappa shape index (κ3) is 4.72. The van der Waals surface area contributed by atoms with Gasteiger partial charge < -0.3 is 9.84 Å². The molecule has 0 amide bonds. The molecule has 0 aliphatic rings. The van der Waals surface area contributed by atoms with Crippen LogP contribution in [0.4, 0.5) is 5.69 Å². The van der Waals surface area contributed by atoms with Crippen molar-refractivity contribution >= 4 is 23.4 Å². The Kier molecular flexibility index (Phi) is 5.59. The third-order valence-electron chi connectivity index (χ3n) is 3.13. The highest BCUT2D eigenvalue weighted by Crippen LogP contribution is 2.32. The Morgan fingerprint density at radius 2 is 1.87 bits per heavy atom. The second-order valence-corrected chi connectivity index (χ2v) is 5.78. The minimum atomic E-state index is -0.968. The fourth-order valence-electron chi connectivity index (χ4n) is 1.99. The van der Waals surface area contributed by atoms with Gasteiger partial charge in [-0.1, -0.05) is 18.2 Å². The Hall–Kier alpha value is -2.54. The molecule has 2 aromatic carbocycles. The van der Waals surface area contributed by atoms with E-state index < -0.39 is 10.9 Å². The van der Waals surface area contributed by atoms with E-state index in [0.29, 0.717) is 16.2 Å². The average Bonchev–Trinajstić information content (AvgIpc) is 2.52. The Balaban J connectivity index is 2.18. The fourth-order valence-corrected chi connectivity index (χ4v) is 3.03. The molecule has 120 valence electrons. The van der Waals surface area contributed by atoms with Crippen LogP contribution in [0.3, 0.4) is 0 Å². The summed E-state index contributed by atoms with van der Waals surface area (Å²) in [5.74, 6) is 0.319. The smallest absolute Gasteiger partial charge is 0.307 e. The van der Waals surface area contributed by atoms with E-state index in [-0.39, 0.29) is 12.1 Å². The van der Waals surface area contributed by atoms with Gasteiger partial charge in [-0.15, -0.1) is 11.8 Å². The van der Waals surface area contributed by atoms with Gasteiger partial charge in [-0.3, -0.25) is 14.9 Å². The Bertz CT molecular complexity index is 715. The zero-order valence-electron chi connectivity index (χ0n) is 12.4. The number of hydrogen-bond donors (Lipinski definition) is 1. The van der Waals surface area contributed by atoms with Gasteiger partial charge in [0, 0.05) is 11.8 Å². The van der Waals surface area contributed by atoms with Gasteiger partial charge in [0.15, 0.2) is 0 Å². The molecule has 0 spiro atoms. The van der Waals surface area contributed by atoms with E-state index in [1.54, 1.807) is 13.2 Å². The lowest BCUT2D eigenvalue weighted by Gasteiger charge is -2.06. The number of carboxylic acids is 1. The van der Waals surface area contributed by atoms with Crippen molar-refractivity contribution in [2.24, 2.45) is 0 Å². The SMILES string of the molecule is COc1ccc(CSc2cc(CC(=O)O)ccc2[N+](=O)[O-])cc1. The minimum absolute atomic E-state index is 0.0161. The first kappa shape index (κ1) is 16.8. The quantitative estimate of drug-likeness (QED) is 0.474. The van der Waals surface area contributed by atoms with E-state index in [9.17, 15) is 14.9 Å². The van der Waals surface area contributed by atoms with E-state index in [2.05, 4.69) is 0 Å². The number of methoxy groups -OCH3 is 1. The van der Waals surface area contributed by atoms with E-state index in [0.717, 1.165) is 11.3 Å². The summed E-state index contributed by atoms with van der Waals surface area (Å²) in [7, 11) is 1.58. The summed E-state index contributed by atoms with van der Waals surface area (Å²) in [6.07, 6.45) is -0.159. The summed E-state index contributed by atoms with van der Waals surface area (Å²) in [6, 6.07) is 11.8. The summed E-state index contributed by atoms with van der Waals surface area (Å²) in [5, 5.41) is 20.0. The van der Waals surface area contributed by atoms with Crippen LogP contribution in [0, 0.1) is 10.1 Å². The molecule has 0 aliphatic carbocycles. The monoisotopic (exact) mass is 333 g/mol. The number of carbonyl (C=O) groups is 1. The first-order valence-electron chi connectivity index (χ1n) is 6.74. The highest BCUT2D eigenvalue weighted by atomic mass is 32.2. The molecule has 6 nitrogen and oxygen atoms in total. The van der Waals surface area contributed by atoms with Gasteiger partial charge in [-0.2, -0.15) is 0 Å². The van der Waals surface area contributed by atoms with Crippen molar-refractivity contribution in [3.8, 4) is 5.75 Å². The van der Waals surface area contributed by atoms with Crippen LogP contribution in [0.1, 0.15) is 11.1 Å². The van der Waals surface area contributed by atoms with Crippen LogP contribution in [0.2, 0.25) is 0 Å². The number of ether oxygens (including phenoxy) is 1. The highest BCUT2D eigenvalue weighted by Gasteiger charge is 2.15. The molecule has 0 aliphatic heterocycles. The number of rotatable bonds is 7. The highest BCUT2D eigenvalue weighted by molar-refractivity contribution is 7.98. The van der Waals surface area contributed by atoms with Gasteiger partial charge >= 0.3 is 5.97 Å². The maximum atomic E-state index is 11.1. The first-order valence-corrected chi connectivity index (χ1v) is 7.73. The van der Waals surface area contributed by atoms with Crippen LogP contribution >= 0.6 is 11.8 Å². The van der Waals surface area contributed by atoms with Crippen molar-refractivity contribution in [2.45, 2.75) is 17.1 Å². The predicted molar refractivity (Wildman–Crippen MR) is 87.0 cm³/mol. The number of nitro groups is 1. The van der Waals surface area contributed by atoms with Gasteiger partial charge in [-0.25, -0.2) is 0 Å². The van der Waals surface area contributed by atoms with Crippen molar-refractivity contribution < 1.29 is 19.6 Å². The molecule has 0 saturated carbocycles. The van der Waals surface area contributed by atoms with Crippen LogP contribution in [0.25, 0.3) is 0 Å². The predicted octanol–water partition coefficient (Wildman–Crippen LogP) is 3.52. The maximum Gasteiger partial charge on any atom is 0.307 e. The van der Waals surface area contributed by atoms with Gasteiger partial charge in [0.2, 0.25) is 0 Å². The van der Waals surface area contributed by atoms with Crippen LogP contribution in [0.15, 0.2) is 47.4 Å². The number of benzene rings is 2. The van der Waals surface area contributed by atoms with Crippen LogP contribution in [-0.4, -0.2) is 23.1 Å². The largest absolute Gasteiger partial charge is 0.497 e. The average molecular weight is 333 g/mol. The zero-order valence-corrected chi connectivity index (χ0v) is 13.2. The molecular weight excluding hydrogens is 318 g/mol. The Morgan fingerprint density at radius 1 is 1.22 bits per heavy atom. The van der Waals surface area contributed by atoms with Gasteiger partial charge in [0.1, 0.15) is 5.75 Å². The molecule has 0 unspecified atom stereocenters. The Labute approximate surface area is 137 Å². The van der Waals surface area contributed by atoms with Crippen molar-refractivity contribution in [3.63, 3.8) is 0 Å². The molecular formula is C16H15NO5S. The first-order chi connectivity index (χ1) is 11.0. The summed E-state index contributed by atoms with van der Waals surface area (Å²) in [6.45, 7) is 0. The van der Waals surface area contributed by atoms with Crippen molar-refractivity contribution in [2.75, 3.05) is 7.11 Å².